The van der Waals surface area contributed by atoms with E-state index in [2.05, 4.69) is 10.1 Å². The van der Waals surface area contributed by atoms with Crippen LogP contribution in [0.15, 0.2) is 59.5 Å². The fourth-order valence-corrected chi connectivity index (χ4v) is 4.61. The number of benzene rings is 2. The average Bonchev–Trinajstić information content (AvgIpc) is 2.78. The van der Waals surface area contributed by atoms with E-state index in [9.17, 15) is 22.8 Å². The summed E-state index contributed by atoms with van der Waals surface area (Å²) >= 11 is 0. The molecule has 0 radical (unpaired) electrons. The molecule has 1 aliphatic rings. The lowest BCUT2D eigenvalue weighted by Gasteiger charge is -2.34. The van der Waals surface area contributed by atoms with Crippen LogP contribution in [0.1, 0.15) is 17.3 Å². The molecule has 0 unspecified atom stereocenters. The van der Waals surface area contributed by atoms with Crippen LogP contribution in [0.5, 0.6) is 0 Å². The Kier molecular flexibility index (Phi) is 7.03. The smallest absolute Gasteiger partial charge is 0.303 e. The fraction of sp³-hybridized carbons (Fsp3) is 0.286. The van der Waals surface area contributed by atoms with Gasteiger partial charge in [-0.05, 0) is 30.3 Å². The summed E-state index contributed by atoms with van der Waals surface area (Å²) in [4.78, 5) is 36.8. The van der Waals surface area contributed by atoms with Gasteiger partial charge in [0.15, 0.2) is 6.61 Å². The van der Waals surface area contributed by atoms with Gasteiger partial charge in [-0.1, -0.05) is 24.3 Å². The first-order chi connectivity index (χ1) is 14.8. The molecule has 0 atom stereocenters. The molecule has 2 aromatic carbocycles. The van der Waals surface area contributed by atoms with E-state index in [4.69, 9.17) is 0 Å². The predicted octanol–water partition coefficient (Wildman–Crippen LogP) is 1.33. The third kappa shape index (κ3) is 5.68. The summed E-state index contributed by atoms with van der Waals surface area (Å²) in [5.74, 6) is -1.29. The van der Waals surface area contributed by atoms with Crippen molar-refractivity contribution in [3.05, 3.63) is 60.2 Å². The molecule has 2 amide bonds. The summed E-state index contributed by atoms with van der Waals surface area (Å²) in [6.07, 6.45) is 0. The minimum absolute atomic E-state index is 0.0284. The van der Waals surface area contributed by atoms with E-state index in [1.165, 1.54) is 29.4 Å². The SMILES string of the molecule is CC(=O)OCC(=O)Nc1cccc(S(=O)(=O)N2CCN(C(=O)c3ccccc3)CC2)c1. The molecular weight excluding hydrogens is 422 g/mol. The summed E-state index contributed by atoms with van der Waals surface area (Å²) in [5, 5.41) is 2.50. The van der Waals surface area contributed by atoms with Crippen LogP contribution in [0.25, 0.3) is 0 Å². The zero-order valence-corrected chi connectivity index (χ0v) is 17.8. The monoisotopic (exact) mass is 445 g/mol. The number of hydrogen-bond acceptors (Lipinski definition) is 6. The van der Waals surface area contributed by atoms with Crippen LogP contribution in [0, 0.1) is 0 Å². The number of rotatable bonds is 6. The number of hydrogen-bond donors (Lipinski definition) is 1. The van der Waals surface area contributed by atoms with Crippen LogP contribution in [-0.2, 0) is 24.3 Å². The number of anilines is 1. The average molecular weight is 445 g/mol. The molecule has 9 nitrogen and oxygen atoms in total. The minimum Gasteiger partial charge on any atom is -0.456 e. The van der Waals surface area contributed by atoms with Gasteiger partial charge < -0.3 is 15.0 Å². The second-order valence-electron chi connectivity index (χ2n) is 6.92. The lowest BCUT2D eigenvalue weighted by Crippen LogP contribution is -2.50. The number of carbonyl (C=O) groups excluding carboxylic acids is 3. The van der Waals surface area contributed by atoms with Gasteiger partial charge in [0.05, 0.1) is 4.90 Å². The lowest BCUT2D eigenvalue weighted by atomic mass is 10.2. The van der Waals surface area contributed by atoms with Crippen LogP contribution in [0.2, 0.25) is 0 Å². The van der Waals surface area contributed by atoms with E-state index in [-0.39, 0.29) is 42.7 Å². The fourth-order valence-electron chi connectivity index (χ4n) is 3.14. The summed E-state index contributed by atoms with van der Waals surface area (Å²) in [5.41, 5.74) is 0.840. The van der Waals surface area contributed by atoms with Crippen molar-refractivity contribution in [2.75, 3.05) is 38.1 Å². The Morgan fingerprint density at radius 3 is 2.29 bits per heavy atom. The molecule has 0 aliphatic carbocycles. The van der Waals surface area contributed by atoms with Crippen molar-refractivity contribution in [1.29, 1.82) is 0 Å². The zero-order valence-electron chi connectivity index (χ0n) is 17.0. The highest BCUT2D eigenvalue weighted by Crippen LogP contribution is 2.21. The molecule has 164 valence electrons. The first kappa shape index (κ1) is 22.4. The van der Waals surface area contributed by atoms with Crippen LogP contribution in [0.4, 0.5) is 5.69 Å². The van der Waals surface area contributed by atoms with E-state index >= 15 is 0 Å². The van der Waals surface area contributed by atoms with Gasteiger partial charge >= 0.3 is 5.97 Å². The van der Waals surface area contributed by atoms with Gasteiger partial charge in [-0.2, -0.15) is 4.31 Å². The van der Waals surface area contributed by atoms with Crippen LogP contribution in [-0.4, -0.2) is 68.2 Å². The number of ether oxygens (including phenoxy) is 1. The molecule has 0 saturated carbocycles. The Labute approximate surface area is 180 Å². The van der Waals surface area contributed by atoms with Gasteiger partial charge in [-0.3, -0.25) is 14.4 Å². The quantitative estimate of drug-likeness (QED) is 0.672. The molecule has 1 fully saturated rings. The highest BCUT2D eigenvalue weighted by molar-refractivity contribution is 7.89. The van der Waals surface area contributed by atoms with Crippen LogP contribution in [0.3, 0.4) is 0 Å². The Hall–Kier alpha value is -3.24. The van der Waals surface area contributed by atoms with Crippen LogP contribution >= 0.6 is 0 Å². The largest absolute Gasteiger partial charge is 0.456 e. The third-order valence-electron chi connectivity index (χ3n) is 4.71. The molecule has 1 heterocycles. The van der Waals surface area contributed by atoms with Crippen molar-refractivity contribution in [1.82, 2.24) is 9.21 Å². The molecule has 1 saturated heterocycles. The Morgan fingerprint density at radius 2 is 1.65 bits per heavy atom. The summed E-state index contributed by atoms with van der Waals surface area (Å²) in [6.45, 7) is 1.64. The first-order valence-electron chi connectivity index (χ1n) is 9.65. The van der Waals surface area contributed by atoms with Crippen molar-refractivity contribution in [2.45, 2.75) is 11.8 Å². The molecule has 0 bridgehead atoms. The molecule has 3 rings (SSSR count). The van der Waals surface area contributed by atoms with Crippen molar-refractivity contribution in [2.24, 2.45) is 0 Å². The van der Waals surface area contributed by atoms with Gasteiger partial charge in [0.1, 0.15) is 0 Å². The van der Waals surface area contributed by atoms with Crippen molar-refractivity contribution in [3.8, 4) is 0 Å². The van der Waals surface area contributed by atoms with E-state index in [1.807, 2.05) is 6.07 Å². The highest BCUT2D eigenvalue weighted by atomic mass is 32.2. The zero-order chi connectivity index (χ0) is 22.4. The van der Waals surface area contributed by atoms with E-state index in [1.54, 1.807) is 35.2 Å². The molecule has 31 heavy (non-hydrogen) atoms. The topological polar surface area (TPSA) is 113 Å². The molecule has 0 aromatic heterocycles. The standard InChI is InChI=1S/C21H23N3O6S/c1-16(25)30-15-20(26)22-18-8-5-9-19(14-18)31(28,29)24-12-10-23(11-13-24)21(27)17-6-3-2-4-7-17/h2-9,14H,10-13,15H2,1H3,(H,22,26). The van der Waals surface area contributed by atoms with Gasteiger partial charge in [-0.25, -0.2) is 8.42 Å². The number of piperazine rings is 1. The molecule has 0 spiro atoms. The number of sulfonamides is 1. The summed E-state index contributed by atoms with van der Waals surface area (Å²) in [6, 6.07) is 14.7. The number of carbonyl (C=O) groups is 3. The Morgan fingerprint density at radius 1 is 0.968 bits per heavy atom. The van der Waals surface area contributed by atoms with Crippen LogP contribution < -0.4 is 5.32 Å². The summed E-state index contributed by atoms with van der Waals surface area (Å²) in [7, 11) is -3.80. The third-order valence-corrected chi connectivity index (χ3v) is 6.60. The molecular formula is C21H23N3O6S. The second-order valence-corrected chi connectivity index (χ2v) is 8.86. The highest BCUT2D eigenvalue weighted by Gasteiger charge is 2.30. The molecule has 10 heteroatoms. The number of nitrogens with one attached hydrogen (secondary N) is 1. The van der Waals surface area contributed by atoms with Gasteiger partial charge in [-0.15, -0.1) is 0 Å². The van der Waals surface area contributed by atoms with Gasteiger partial charge in [0.25, 0.3) is 11.8 Å². The summed E-state index contributed by atoms with van der Waals surface area (Å²) < 4.78 is 32.0. The van der Waals surface area contributed by atoms with E-state index in [0.29, 0.717) is 5.56 Å². The number of esters is 1. The number of nitrogens with zero attached hydrogens (tertiary/aromatic N) is 2. The number of amides is 2. The lowest BCUT2D eigenvalue weighted by molar-refractivity contribution is -0.144. The van der Waals surface area contributed by atoms with Crippen molar-refractivity contribution in [3.63, 3.8) is 0 Å². The van der Waals surface area contributed by atoms with Crippen molar-refractivity contribution >= 4 is 33.5 Å². The Bertz CT molecular complexity index is 1060. The molecule has 1 aliphatic heterocycles. The maximum Gasteiger partial charge on any atom is 0.303 e. The Balaban J connectivity index is 1.64. The van der Waals surface area contributed by atoms with Crippen molar-refractivity contribution < 1.29 is 27.5 Å². The maximum absolute atomic E-state index is 13.0. The molecule has 2 aromatic rings. The predicted molar refractivity (Wildman–Crippen MR) is 113 cm³/mol. The second kappa shape index (κ2) is 9.71. The molecule has 1 N–H and O–H groups in total. The normalized spacial score (nSPS) is 14.7. The minimum atomic E-state index is -3.80. The first-order valence-corrected chi connectivity index (χ1v) is 11.1. The van der Waals surface area contributed by atoms with Gasteiger partial charge in [0.2, 0.25) is 10.0 Å². The van der Waals surface area contributed by atoms with Gasteiger partial charge in [0, 0.05) is 44.4 Å². The maximum atomic E-state index is 13.0. The van der Waals surface area contributed by atoms with E-state index in [0.717, 1.165) is 0 Å². The van der Waals surface area contributed by atoms with E-state index < -0.39 is 28.5 Å².